The first-order valence-corrected chi connectivity index (χ1v) is 4.10. The summed E-state index contributed by atoms with van der Waals surface area (Å²) in [5.41, 5.74) is 0. The quantitative estimate of drug-likeness (QED) is 0.571. The average Bonchev–Trinajstić information content (AvgIpc) is 2.66. The molecule has 0 aliphatic carbocycles. The lowest BCUT2D eigenvalue weighted by molar-refractivity contribution is 0.453. The predicted octanol–water partition coefficient (Wildman–Crippen LogP) is 1.78. The second-order valence-corrected chi connectivity index (χ2v) is 3.02. The zero-order chi connectivity index (χ0) is 6.69. The van der Waals surface area contributed by atoms with Crippen LogP contribution in [0.15, 0.2) is 0 Å². The lowest BCUT2D eigenvalue weighted by atomic mass is 9.98. The Labute approximate surface area is 57.8 Å². The van der Waals surface area contributed by atoms with Gasteiger partial charge in [0.1, 0.15) is 0 Å². The molecule has 1 heterocycles. The maximum Gasteiger partial charge on any atom is 0.0195 e. The summed E-state index contributed by atoms with van der Waals surface area (Å²) < 4.78 is 0. The molecule has 1 fully saturated rings. The van der Waals surface area contributed by atoms with Crippen molar-refractivity contribution in [3.63, 3.8) is 0 Å². The van der Waals surface area contributed by atoms with Crippen LogP contribution >= 0.6 is 0 Å². The summed E-state index contributed by atoms with van der Waals surface area (Å²) in [5.74, 6) is 0.977. The fraction of sp³-hybridized carbons (Fsp3) is 1.00. The minimum Gasteiger partial charge on any atom is -0.311 e. The number of hydrogen-bond acceptors (Lipinski definition) is 1. The van der Waals surface area contributed by atoms with E-state index in [1.165, 1.54) is 25.8 Å². The molecule has 0 amide bonds. The van der Waals surface area contributed by atoms with E-state index in [-0.39, 0.29) is 0 Å². The summed E-state index contributed by atoms with van der Waals surface area (Å²) in [6.45, 7) is 5.85. The molecule has 1 unspecified atom stereocenters. The van der Waals surface area contributed by atoms with Crippen LogP contribution in [0.1, 0.15) is 33.1 Å². The molecule has 1 N–H and O–H groups in total. The van der Waals surface area contributed by atoms with Crippen LogP contribution in [-0.4, -0.2) is 12.6 Å². The van der Waals surface area contributed by atoms with Crippen molar-refractivity contribution in [2.75, 3.05) is 6.54 Å². The Kier molecular flexibility index (Phi) is 2.52. The summed E-state index contributed by atoms with van der Waals surface area (Å²) in [5, 5.41) is 3.33. The zero-order valence-electron chi connectivity index (χ0n) is 6.48. The molecule has 1 nitrogen and oxygen atoms in total. The molecule has 1 rings (SSSR count). The highest BCUT2D eigenvalue weighted by atomic mass is 15.1. The molecule has 0 radical (unpaired) electrons. The van der Waals surface area contributed by atoms with Crippen molar-refractivity contribution < 1.29 is 0 Å². The van der Waals surface area contributed by atoms with Crippen LogP contribution in [0.4, 0.5) is 0 Å². The third kappa shape index (κ3) is 2.35. The van der Waals surface area contributed by atoms with Gasteiger partial charge in [-0.25, -0.2) is 0 Å². The minimum absolute atomic E-state index is 0.884. The van der Waals surface area contributed by atoms with E-state index < -0.39 is 0 Å². The van der Waals surface area contributed by atoms with E-state index in [9.17, 15) is 0 Å². The van der Waals surface area contributed by atoms with Crippen LogP contribution in [0.3, 0.4) is 0 Å². The average molecular weight is 127 g/mol. The van der Waals surface area contributed by atoms with Gasteiger partial charge in [0.15, 0.2) is 0 Å². The van der Waals surface area contributed by atoms with E-state index in [0.29, 0.717) is 0 Å². The van der Waals surface area contributed by atoms with Gasteiger partial charge in [-0.05, 0) is 12.3 Å². The van der Waals surface area contributed by atoms with Gasteiger partial charge in [0.2, 0.25) is 0 Å². The van der Waals surface area contributed by atoms with Crippen LogP contribution in [0.5, 0.6) is 0 Å². The molecule has 0 bridgehead atoms. The fourth-order valence-electron chi connectivity index (χ4n) is 1.27. The second-order valence-electron chi connectivity index (χ2n) is 3.02. The first kappa shape index (κ1) is 7.07. The summed E-state index contributed by atoms with van der Waals surface area (Å²) in [7, 11) is 0. The van der Waals surface area contributed by atoms with E-state index in [1.807, 2.05) is 0 Å². The monoisotopic (exact) mass is 127 g/mol. The molecular weight excluding hydrogens is 110 g/mol. The van der Waals surface area contributed by atoms with Gasteiger partial charge in [-0.15, -0.1) is 0 Å². The fourth-order valence-corrected chi connectivity index (χ4v) is 1.27. The predicted molar refractivity (Wildman–Crippen MR) is 40.5 cm³/mol. The standard InChI is InChI=1S/C8H17N/c1-3-7(4-2)5-8-6-9-8/h7-9H,3-6H2,1-2H3. The van der Waals surface area contributed by atoms with Gasteiger partial charge in [0.25, 0.3) is 0 Å². The van der Waals surface area contributed by atoms with Gasteiger partial charge in [0, 0.05) is 12.6 Å². The molecule has 0 aromatic heterocycles. The van der Waals surface area contributed by atoms with Crippen LogP contribution in [0.25, 0.3) is 0 Å². The van der Waals surface area contributed by atoms with E-state index >= 15 is 0 Å². The van der Waals surface area contributed by atoms with E-state index in [2.05, 4.69) is 19.2 Å². The molecule has 1 aliphatic heterocycles. The van der Waals surface area contributed by atoms with Crippen LogP contribution in [0.2, 0.25) is 0 Å². The minimum atomic E-state index is 0.884. The Morgan fingerprint density at radius 1 is 1.44 bits per heavy atom. The van der Waals surface area contributed by atoms with Gasteiger partial charge >= 0.3 is 0 Å². The van der Waals surface area contributed by atoms with Crippen LogP contribution in [0, 0.1) is 5.92 Å². The molecule has 1 heteroatoms. The molecule has 1 saturated heterocycles. The molecule has 0 aromatic rings. The second kappa shape index (κ2) is 3.21. The summed E-state index contributed by atoms with van der Waals surface area (Å²) in [4.78, 5) is 0. The Morgan fingerprint density at radius 2 is 2.00 bits per heavy atom. The third-order valence-corrected chi connectivity index (χ3v) is 2.27. The lowest BCUT2D eigenvalue weighted by Gasteiger charge is -2.08. The van der Waals surface area contributed by atoms with Gasteiger partial charge in [-0.2, -0.15) is 0 Å². The normalized spacial score (nSPS) is 25.0. The summed E-state index contributed by atoms with van der Waals surface area (Å²) >= 11 is 0. The van der Waals surface area contributed by atoms with Crippen molar-refractivity contribution in [1.82, 2.24) is 5.32 Å². The SMILES string of the molecule is CCC(CC)CC1CN1. The van der Waals surface area contributed by atoms with E-state index in [1.54, 1.807) is 0 Å². The van der Waals surface area contributed by atoms with E-state index in [0.717, 1.165) is 12.0 Å². The molecular formula is C8H17N. The van der Waals surface area contributed by atoms with Crippen molar-refractivity contribution in [2.45, 2.75) is 39.2 Å². The molecule has 9 heavy (non-hydrogen) atoms. The van der Waals surface area contributed by atoms with Crippen molar-refractivity contribution in [1.29, 1.82) is 0 Å². The highest BCUT2D eigenvalue weighted by Crippen LogP contribution is 2.18. The topological polar surface area (TPSA) is 21.9 Å². The summed E-state index contributed by atoms with van der Waals surface area (Å²) in [6, 6.07) is 0.884. The molecule has 1 atom stereocenters. The third-order valence-electron chi connectivity index (χ3n) is 2.27. The van der Waals surface area contributed by atoms with Gasteiger partial charge in [0.05, 0.1) is 0 Å². The molecule has 0 saturated carbocycles. The van der Waals surface area contributed by atoms with Gasteiger partial charge < -0.3 is 5.32 Å². The Morgan fingerprint density at radius 3 is 2.33 bits per heavy atom. The van der Waals surface area contributed by atoms with Gasteiger partial charge in [-0.3, -0.25) is 0 Å². The molecule has 1 aliphatic rings. The largest absolute Gasteiger partial charge is 0.311 e. The summed E-state index contributed by atoms with van der Waals surface area (Å²) in [6.07, 6.45) is 4.12. The van der Waals surface area contributed by atoms with Crippen molar-refractivity contribution in [3.8, 4) is 0 Å². The first-order chi connectivity index (χ1) is 4.36. The maximum absolute atomic E-state index is 3.33. The molecule has 0 spiro atoms. The van der Waals surface area contributed by atoms with Crippen molar-refractivity contribution >= 4 is 0 Å². The molecule has 0 aromatic carbocycles. The van der Waals surface area contributed by atoms with Gasteiger partial charge in [-0.1, -0.05) is 26.7 Å². The van der Waals surface area contributed by atoms with Crippen molar-refractivity contribution in [2.24, 2.45) is 5.92 Å². The smallest absolute Gasteiger partial charge is 0.0195 e. The van der Waals surface area contributed by atoms with E-state index in [4.69, 9.17) is 0 Å². The maximum atomic E-state index is 3.33. The number of rotatable bonds is 4. The highest BCUT2D eigenvalue weighted by molar-refractivity contribution is 4.84. The lowest BCUT2D eigenvalue weighted by Crippen LogP contribution is -2.02. The van der Waals surface area contributed by atoms with Crippen molar-refractivity contribution in [3.05, 3.63) is 0 Å². The number of nitrogens with one attached hydrogen (secondary N) is 1. The Balaban J connectivity index is 2.05. The first-order valence-electron chi connectivity index (χ1n) is 4.10. The Bertz CT molecular complexity index is 72.6. The van der Waals surface area contributed by atoms with Crippen LogP contribution in [-0.2, 0) is 0 Å². The number of hydrogen-bond donors (Lipinski definition) is 1. The highest BCUT2D eigenvalue weighted by Gasteiger charge is 2.22. The zero-order valence-corrected chi connectivity index (χ0v) is 6.48. The van der Waals surface area contributed by atoms with Crippen LogP contribution < -0.4 is 5.32 Å². The Hall–Kier alpha value is -0.0400. The molecule has 54 valence electrons.